The first-order valence-corrected chi connectivity index (χ1v) is 6.51. The van der Waals surface area contributed by atoms with Gasteiger partial charge in [0.1, 0.15) is 0 Å². The van der Waals surface area contributed by atoms with E-state index in [0.29, 0.717) is 6.10 Å². The zero-order valence-electron chi connectivity index (χ0n) is 10.6. The number of hydrogen-bond acceptors (Lipinski definition) is 3. The van der Waals surface area contributed by atoms with Crippen molar-refractivity contribution in [3.8, 4) is 0 Å². The van der Waals surface area contributed by atoms with Crippen molar-refractivity contribution in [1.29, 1.82) is 0 Å². The molecule has 0 spiro atoms. The molecule has 0 saturated carbocycles. The molecule has 94 valence electrons. The molecule has 0 aromatic heterocycles. The molecule has 1 atom stereocenters. The summed E-state index contributed by atoms with van der Waals surface area (Å²) in [6, 6.07) is 8.12. The van der Waals surface area contributed by atoms with E-state index < -0.39 is 0 Å². The molecule has 3 heteroatoms. The molecule has 1 fully saturated rings. The van der Waals surface area contributed by atoms with Gasteiger partial charge >= 0.3 is 0 Å². The van der Waals surface area contributed by atoms with Gasteiger partial charge in [0.2, 0.25) is 0 Å². The zero-order chi connectivity index (χ0) is 12.1. The summed E-state index contributed by atoms with van der Waals surface area (Å²) in [5, 5.41) is 0. The van der Waals surface area contributed by atoms with Crippen LogP contribution in [0.3, 0.4) is 0 Å². The lowest BCUT2D eigenvalue weighted by Gasteiger charge is -2.27. The molecular formula is C14H22N2O. The molecule has 1 aromatic carbocycles. The van der Waals surface area contributed by atoms with Gasteiger partial charge in [0.25, 0.3) is 0 Å². The van der Waals surface area contributed by atoms with E-state index >= 15 is 0 Å². The van der Waals surface area contributed by atoms with Gasteiger partial charge in [0.15, 0.2) is 0 Å². The Bertz CT molecular complexity index is 348. The highest BCUT2D eigenvalue weighted by Gasteiger charge is 2.19. The maximum Gasteiger partial charge on any atom is 0.0750 e. The average molecular weight is 234 g/mol. The Morgan fingerprint density at radius 3 is 3.00 bits per heavy atom. The summed E-state index contributed by atoms with van der Waals surface area (Å²) in [7, 11) is 0. The summed E-state index contributed by atoms with van der Waals surface area (Å²) < 4.78 is 5.71. The molecule has 1 aliphatic rings. The standard InChI is InChI=1S/C14H22N2O/c1-2-8-16(11-14-7-4-9-17-14)13-6-3-5-12(15)10-13/h3,5-6,10,14H,2,4,7-9,11,15H2,1H3. The molecule has 0 amide bonds. The molecule has 17 heavy (non-hydrogen) atoms. The summed E-state index contributed by atoms with van der Waals surface area (Å²) in [6.07, 6.45) is 3.91. The van der Waals surface area contributed by atoms with Crippen LogP contribution >= 0.6 is 0 Å². The van der Waals surface area contributed by atoms with Gasteiger partial charge in [-0.15, -0.1) is 0 Å². The minimum atomic E-state index is 0.392. The monoisotopic (exact) mass is 234 g/mol. The third kappa shape index (κ3) is 3.37. The summed E-state index contributed by atoms with van der Waals surface area (Å²) in [4.78, 5) is 2.38. The second-order valence-electron chi connectivity index (χ2n) is 4.68. The van der Waals surface area contributed by atoms with Crippen LogP contribution in [0.5, 0.6) is 0 Å². The third-order valence-electron chi connectivity index (χ3n) is 3.18. The summed E-state index contributed by atoms with van der Waals surface area (Å²) in [5.74, 6) is 0. The molecule has 1 aromatic rings. The van der Waals surface area contributed by atoms with Crippen LogP contribution in [0, 0.1) is 0 Å². The van der Waals surface area contributed by atoms with Crippen molar-refractivity contribution in [1.82, 2.24) is 0 Å². The molecule has 2 rings (SSSR count). The van der Waals surface area contributed by atoms with Gasteiger partial charge in [0, 0.05) is 31.1 Å². The Morgan fingerprint density at radius 1 is 1.47 bits per heavy atom. The highest BCUT2D eigenvalue weighted by atomic mass is 16.5. The maximum atomic E-state index is 5.84. The van der Waals surface area contributed by atoms with Crippen LogP contribution in [0.2, 0.25) is 0 Å². The van der Waals surface area contributed by atoms with Crippen molar-refractivity contribution in [2.24, 2.45) is 0 Å². The number of rotatable bonds is 5. The molecule has 0 bridgehead atoms. The lowest BCUT2D eigenvalue weighted by Crippen LogP contribution is -2.32. The maximum absolute atomic E-state index is 5.84. The number of nitrogen functional groups attached to an aromatic ring is 1. The molecule has 2 N–H and O–H groups in total. The van der Waals surface area contributed by atoms with Gasteiger partial charge < -0.3 is 15.4 Å². The van der Waals surface area contributed by atoms with E-state index in [2.05, 4.69) is 17.9 Å². The zero-order valence-corrected chi connectivity index (χ0v) is 10.6. The molecule has 1 aliphatic heterocycles. The number of benzene rings is 1. The summed E-state index contributed by atoms with van der Waals surface area (Å²) >= 11 is 0. The molecule has 1 unspecified atom stereocenters. The molecule has 1 heterocycles. The Morgan fingerprint density at radius 2 is 2.35 bits per heavy atom. The summed E-state index contributed by atoms with van der Waals surface area (Å²) in [6.45, 7) is 5.16. The van der Waals surface area contributed by atoms with E-state index in [9.17, 15) is 0 Å². The fraction of sp³-hybridized carbons (Fsp3) is 0.571. The van der Waals surface area contributed by atoms with Gasteiger partial charge in [-0.3, -0.25) is 0 Å². The molecule has 3 nitrogen and oxygen atoms in total. The number of nitrogens with zero attached hydrogens (tertiary/aromatic N) is 1. The highest BCUT2D eigenvalue weighted by Crippen LogP contribution is 2.21. The van der Waals surface area contributed by atoms with Gasteiger partial charge in [-0.25, -0.2) is 0 Å². The van der Waals surface area contributed by atoms with Crippen LogP contribution in [0.4, 0.5) is 11.4 Å². The summed E-state index contributed by atoms with van der Waals surface area (Å²) in [5.41, 5.74) is 7.88. The van der Waals surface area contributed by atoms with Crippen LogP contribution < -0.4 is 10.6 Å². The molecule has 1 saturated heterocycles. The molecular weight excluding hydrogens is 212 g/mol. The largest absolute Gasteiger partial charge is 0.399 e. The minimum Gasteiger partial charge on any atom is -0.399 e. The van der Waals surface area contributed by atoms with Crippen LogP contribution in [-0.4, -0.2) is 25.8 Å². The van der Waals surface area contributed by atoms with E-state index in [1.807, 2.05) is 18.2 Å². The second kappa shape index (κ2) is 5.92. The average Bonchev–Trinajstić information content (AvgIpc) is 2.81. The van der Waals surface area contributed by atoms with Crippen LogP contribution in [0.1, 0.15) is 26.2 Å². The van der Waals surface area contributed by atoms with Gasteiger partial charge in [0.05, 0.1) is 6.10 Å². The van der Waals surface area contributed by atoms with Crippen molar-refractivity contribution in [3.63, 3.8) is 0 Å². The van der Waals surface area contributed by atoms with Gasteiger partial charge in [-0.05, 0) is 37.5 Å². The Labute approximate surface area is 104 Å². The van der Waals surface area contributed by atoms with Crippen molar-refractivity contribution >= 4 is 11.4 Å². The lowest BCUT2D eigenvalue weighted by atomic mass is 10.2. The SMILES string of the molecule is CCCN(CC1CCCO1)c1cccc(N)c1. The Kier molecular flexibility index (Phi) is 4.26. The van der Waals surface area contributed by atoms with E-state index in [4.69, 9.17) is 10.5 Å². The van der Waals surface area contributed by atoms with Crippen LogP contribution in [0.15, 0.2) is 24.3 Å². The topological polar surface area (TPSA) is 38.5 Å². The minimum absolute atomic E-state index is 0.392. The van der Waals surface area contributed by atoms with E-state index in [-0.39, 0.29) is 0 Å². The van der Waals surface area contributed by atoms with Gasteiger partial charge in [-0.2, -0.15) is 0 Å². The molecule has 0 radical (unpaired) electrons. The molecule has 0 aliphatic carbocycles. The fourth-order valence-electron chi connectivity index (χ4n) is 2.35. The number of hydrogen-bond donors (Lipinski definition) is 1. The predicted octanol–water partition coefficient (Wildman–Crippen LogP) is 2.66. The first-order valence-electron chi connectivity index (χ1n) is 6.51. The van der Waals surface area contributed by atoms with Crippen LogP contribution in [0.25, 0.3) is 0 Å². The number of nitrogens with two attached hydrogens (primary N) is 1. The normalized spacial score (nSPS) is 19.5. The third-order valence-corrected chi connectivity index (χ3v) is 3.18. The Hall–Kier alpha value is -1.22. The number of anilines is 2. The van der Waals surface area contributed by atoms with Crippen LogP contribution in [-0.2, 0) is 4.74 Å². The van der Waals surface area contributed by atoms with Crippen molar-refractivity contribution < 1.29 is 4.74 Å². The highest BCUT2D eigenvalue weighted by molar-refractivity contribution is 5.55. The van der Waals surface area contributed by atoms with E-state index in [1.165, 1.54) is 18.5 Å². The quantitative estimate of drug-likeness (QED) is 0.796. The smallest absolute Gasteiger partial charge is 0.0750 e. The van der Waals surface area contributed by atoms with Gasteiger partial charge in [-0.1, -0.05) is 13.0 Å². The first-order chi connectivity index (χ1) is 8.29. The van der Waals surface area contributed by atoms with E-state index in [0.717, 1.165) is 31.8 Å². The fourth-order valence-corrected chi connectivity index (χ4v) is 2.35. The number of ether oxygens (including phenoxy) is 1. The first kappa shape index (κ1) is 12.2. The second-order valence-corrected chi connectivity index (χ2v) is 4.68. The van der Waals surface area contributed by atoms with E-state index in [1.54, 1.807) is 0 Å². The lowest BCUT2D eigenvalue weighted by molar-refractivity contribution is 0.115. The van der Waals surface area contributed by atoms with Crippen molar-refractivity contribution in [3.05, 3.63) is 24.3 Å². The van der Waals surface area contributed by atoms with Crippen molar-refractivity contribution in [2.45, 2.75) is 32.3 Å². The van der Waals surface area contributed by atoms with Crippen molar-refractivity contribution in [2.75, 3.05) is 30.3 Å². The Balaban J connectivity index is 2.04. The predicted molar refractivity (Wildman–Crippen MR) is 72.3 cm³/mol.